The molecular weight excluding hydrogens is 501 g/mol. The van der Waals surface area contributed by atoms with Crippen molar-refractivity contribution in [1.82, 2.24) is 10.2 Å². The average Bonchev–Trinajstić information content (AvgIpc) is 2.79. The quantitative estimate of drug-likeness (QED) is 0.478. The van der Waals surface area contributed by atoms with Gasteiger partial charge in [-0.1, -0.05) is 48.3 Å². The van der Waals surface area contributed by atoms with Gasteiger partial charge in [-0.25, -0.2) is 8.42 Å². The number of likely N-dealkylation sites (N-methyl/N-ethyl adjacent to an activating group) is 1. The normalized spacial score (nSPS) is 12.1. The SMILES string of the molecule is CCNC(=O)C(CC)N(Cc1ccc(OC)cc1)C(=O)CN(c1cccc(Cl)c1Cl)S(C)(=O)=O. The maximum Gasteiger partial charge on any atom is 0.244 e. The molecule has 1 atom stereocenters. The van der Waals surface area contributed by atoms with Crippen molar-refractivity contribution in [2.24, 2.45) is 0 Å². The molecule has 0 fully saturated rings. The Bertz CT molecular complexity index is 1110. The largest absolute Gasteiger partial charge is 0.497 e. The number of ether oxygens (including phenoxy) is 1. The van der Waals surface area contributed by atoms with Crippen molar-refractivity contribution in [2.45, 2.75) is 32.9 Å². The van der Waals surface area contributed by atoms with Gasteiger partial charge in [0.1, 0.15) is 18.3 Å². The summed E-state index contributed by atoms with van der Waals surface area (Å²) in [5.74, 6) is -0.231. The van der Waals surface area contributed by atoms with Crippen LogP contribution in [0, 0.1) is 0 Å². The van der Waals surface area contributed by atoms with E-state index in [0.29, 0.717) is 18.7 Å². The van der Waals surface area contributed by atoms with Gasteiger partial charge in [-0.3, -0.25) is 13.9 Å². The van der Waals surface area contributed by atoms with Gasteiger partial charge in [0, 0.05) is 13.1 Å². The summed E-state index contributed by atoms with van der Waals surface area (Å²) in [4.78, 5) is 27.7. The Morgan fingerprint density at radius 3 is 2.26 bits per heavy atom. The number of sulfonamides is 1. The van der Waals surface area contributed by atoms with E-state index in [1.165, 1.54) is 17.0 Å². The molecule has 186 valence electrons. The molecule has 0 aliphatic rings. The van der Waals surface area contributed by atoms with E-state index in [0.717, 1.165) is 16.1 Å². The Kier molecular flexibility index (Phi) is 10.0. The van der Waals surface area contributed by atoms with Crippen LogP contribution in [0.3, 0.4) is 0 Å². The predicted octanol–water partition coefficient (Wildman–Crippen LogP) is 3.71. The fourth-order valence-electron chi connectivity index (χ4n) is 3.42. The number of nitrogens with one attached hydrogen (secondary N) is 1. The smallest absolute Gasteiger partial charge is 0.244 e. The Labute approximate surface area is 210 Å². The second-order valence-electron chi connectivity index (χ2n) is 7.53. The molecule has 1 N–H and O–H groups in total. The lowest BCUT2D eigenvalue weighted by Gasteiger charge is -2.33. The molecule has 0 heterocycles. The molecule has 0 spiro atoms. The van der Waals surface area contributed by atoms with Crippen molar-refractivity contribution < 1.29 is 22.7 Å². The maximum absolute atomic E-state index is 13.5. The highest BCUT2D eigenvalue weighted by Gasteiger charge is 2.32. The number of hydrogen-bond acceptors (Lipinski definition) is 5. The third kappa shape index (κ3) is 7.01. The third-order valence-corrected chi connectivity index (χ3v) is 7.06. The zero-order valence-electron chi connectivity index (χ0n) is 19.5. The molecule has 0 saturated heterocycles. The van der Waals surface area contributed by atoms with Crippen LogP contribution in [0.5, 0.6) is 5.75 Å². The molecule has 0 bridgehead atoms. The maximum atomic E-state index is 13.5. The van der Waals surface area contributed by atoms with E-state index in [1.807, 2.05) is 0 Å². The van der Waals surface area contributed by atoms with Crippen LogP contribution in [0.4, 0.5) is 5.69 Å². The number of hydrogen-bond donors (Lipinski definition) is 1. The summed E-state index contributed by atoms with van der Waals surface area (Å²) in [5, 5.41) is 2.91. The summed E-state index contributed by atoms with van der Waals surface area (Å²) in [6.07, 6.45) is 1.32. The van der Waals surface area contributed by atoms with Gasteiger partial charge in [-0.15, -0.1) is 0 Å². The van der Waals surface area contributed by atoms with Crippen LogP contribution in [0.15, 0.2) is 42.5 Å². The topological polar surface area (TPSA) is 96.0 Å². The van der Waals surface area contributed by atoms with Gasteiger partial charge in [0.15, 0.2) is 0 Å². The first-order valence-corrected chi connectivity index (χ1v) is 13.3. The zero-order valence-corrected chi connectivity index (χ0v) is 21.9. The highest BCUT2D eigenvalue weighted by molar-refractivity contribution is 7.92. The van der Waals surface area contributed by atoms with Gasteiger partial charge in [0.25, 0.3) is 0 Å². The van der Waals surface area contributed by atoms with Crippen molar-refractivity contribution in [3.63, 3.8) is 0 Å². The average molecular weight is 530 g/mol. The number of nitrogens with zero attached hydrogens (tertiary/aromatic N) is 2. The third-order valence-electron chi connectivity index (χ3n) is 5.13. The fraction of sp³-hybridized carbons (Fsp3) is 0.391. The molecule has 0 saturated carbocycles. The summed E-state index contributed by atoms with van der Waals surface area (Å²) < 4.78 is 31.3. The molecule has 2 aromatic rings. The molecule has 0 radical (unpaired) electrons. The predicted molar refractivity (Wildman–Crippen MR) is 135 cm³/mol. The van der Waals surface area contributed by atoms with Crippen molar-refractivity contribution >= 4 is 50.7 Å². The van der Waals surface area contributed by atoms with Gasteiger partial charge in [0.2, 0.25) is 21.8 Å². The number of anilines is 1. The van der Waals surface area contributed by atoms with E-state index < -0.39 is 28.5 Å². The Hall–Kier alpha value is -2.49. The zero-order chi connectivity index (χ0) is 25.5. The molecule has 0 aliphatic carbocycles. The van der Waals surface area contributed by atoms with Gasteiger partial charge in [-0.2, -0.15) is 0 Å². The summed E-state index contributed by atoms with van der Waals surface area (Å²) in [6.45, 7) is 3.51. The number of carbonyl (C=O) groups excluding carboxylic acids is 2. The van der Waals surface area contributed by atoms with Crippen molar-refractivity contribution in [3.05, 3.63) is 58.1 Å². The number of rotatable bonds is 11. The minimum absolute atomic E-state index is 0.0138. The number of carbonyl (C=O) groups is 2. The van der Waals surface area contributed by atoms with Crippen LogP contribution in [0.2, 0.25) is 10.0 Å². The molecule has 8 nitrogen and oxygen atoms in total. The Balaban J connectivity index is 2.46. The number of halogens is 2. The van der Waals surface area contributed by atoms with E-state index in [4.69, 9.17) is 27.9 Å². The minimum Gasteiger partial charge on any atom is -0.497 e. The standard InChI is InChI=1S/C23H29Cl2N3O5S/c1-5-19(23(30)26-6-2)27(14-16-10-12-17(33-3)13-11-16)21(29)15-28(34(4,31)32)20-9-7-8-18(24)22(20)25/h7-13,19H,5-6,14-15H2,1-4H3,(H,26,30). The van der Waals surface area contributed by atoms with E-state index in [1.54, 1.807) is 51.3 Å². The highest BCUT2D eigenvalue weighted by atomic mass is 35.5. The number of amides is 2. The second kappa shape index (κ2) is 12.3. The van der Waals surface area contributed by atoms with Gasteiger partial charge in [-0.05, 0) is 43.2 Å². The monoisotopic (exact) mass is 529 g/mol. The van der Waals surface area contributed by atoms with E-state index in [9.17, 15) is 18.0 Å². The van der Waals surface area contributed by atoms with Crippen LogP contribution in [0.1, 0.15) is 25.8 Å². The van der Waals surface area contributed by atoms with E-state index >= 15 is 0 Å². The Morgan fingerprint density at radius 1 is 1.09 bits per heavy atom. The lowest BCUT2D eigenvalue weighted by molar-refractivity contribution is -0.140. The van der Waals surface area contributed by atoms with Crippen LogP contribution in [-0.4, -0.2) is 57.6 Å². The fourth-order valence-corrected chi connectivity index (χ4v) is 4.72. The van der Waals surface area contributed by atoms with Gasteiger partial charge < -0.3 is 15.0 Å². The minimum atomic E-state index is -3.90. The molecule has 11 heteroatoms. The molecule has 34 heavy (non-hydrogen) atoms. The number of methoxy groups -OCH3 is 1. The van der Waals surface area contributed by atoms with Crippen LogP contribution in [-0.2, 0) is 26.2 Å². The van der Waals surface area contributed by atoms with Crippen molar-refractivity contribution in [1.29, 1.82) is 0 Å². The lowest BCUT2D eigenvalue weighted by Crippen LogP contribution is -2.52. The molecular formula is C23H29Cl2N3O5S. The number of benzene rings is 2. The van der Waals surface area contributed by atoms with Crippen molar-refractivity contribution in [2.75, 3.05) is 30.8 Å². The van der Waals surface area contributed by atoms with Crippen LogP contribution < -0.4 is 14.4 Å². The molecule has 2 rings (SSSR count). The molecule has 2 aromatic carbocycles. The first kappa shape index (κ1) is 27.8. The van der Waals surface area contributed by atoms with Gasteiger partial charge in [0.05, 0.1) is 29.1 Å². The van der Waals surface area contributed by atoms with Gasteiger partial charge >= 0.3 is 0 Å². The summed E-state index contributed by atoms with van der Waals surface area (Å²) in [7, 11) is -2.36. The van der Waals surface area contributed by atoms with Crippen molar-refractivity contribution in [3.8, 4) is 5.75 Å². The molecule has 0 aliphatic heterocycles. The van der Waals surface area contributed by atoms with E-state index in [2.05, 4.69) is 5.32 Å². The van der Waals surface area contributed by atoms with Crippen LogP contribution >= 0.6 is 23.2 Å². The lowest BCUT2D eigenvalue weighted by atomic mass is 10.1. The first-order valence-electron chi connectivity index (χ1n) is 10.6. The summed E-state index contributed by atoms with van der Waals surface area (Å²) >= 11 is 12.3. The second-order valence-corrected chi connectivity index (χ2v) is 10.2. The Morgan fingerprint density at radius 2 is 1.74 bits per heavy atom. The molecule has 0 aromatic heterocycles. The summed E-state index contributed by atoms with van der Waals surface area (Å²) in [6, 6.07) is 10.8. The summed E-state index contributed by atoms with van der Waals surface area (Å²) in [5.41, 5.74) is 0.837. The van der Waals surface area contributed by atoms with E-state index in [-0.39, 0.29) is 28.2 Å². The highest BCUT2D eigenvalue weighted by Crippen LogP contribution is 2.33. The first-order chi connectivity index (χ1) is 16.0. The molecule has 1 unspecified atom stereocenters. The van der Waals surface area contributed by atoms with Crippen LogP contribution in [0.25, 0.3) is 0 Å². The molecule has 2 amide bonds.